The van der Waals surface area contributed by atoms with Crippen LogP contribution in [-0.2, 0) is 0 Å². The van der Waals surface area contributed by atoms with Crippen molar-refractivity contribution in [2.75, 3.05) is 7.05 Å². The van der Waals surface area contributed by atoms with Crippen molar-refractivity contribution in [1.29, 1.82) is 0 Å². The zero-order valence-electron chi connectivity index (χ0n) is 13.6. The molecule has 0 radical (unpaired) electrons. The fourth-order valence-corrected chi connectivity index (χ4v) is 3.69. The molecule has 108 valence electrons. The van der Waals surface area contributed by atoms with Crippen molar-refractivity contribution in [2.24, 2.45) is 17.8 Å². The minimum Gasteiger partial charge on any atom is -0.301 e. The highest BCUT2D eigenvalue weighted by molar-refractivity contribution is 4.85. The van der Waals surface area contributed by atoms with Crippen molar-refractivity contribution < 1.29 is 0 Å². The summed E-state index contributed by atoms with van der Waals surface area (Å²) in [6, 6.07) is 1.46. The molecule has 1 saturated carbocycles. The van der Waals surface area contributed by atoms with Gasteiger partial charge in [-0.15, -0.1) is 0 Å². The lowest BCUT2D eigenvalue weighted by molar-refractivity contribution is 0.0818. The zero-order chi connectivity index (χ0) is 13.7. The van der Waals surface area contributed by atoms with Crippen LogP contribution in [0.5, 0.6) is 0 Å². The molecular formula is C17H35N. The van der Waals surface area contributed by atoms with Crippen LogP contribution in [0.15, 0.2) is 0 Å². The van der Waals surface area contributed by atoms with Gasteiger partial charge >= 0.3 is 0 Å². The maximum Gasteiger partial charge on any atom is 0.0120 e. The van der Waals surface area contributed by atoms with Gasteiger partial charge in [0, 0.05) is 12.1 Å². The molecule has 18 heavy (non-hydrogen) atoms. The van der Waals surface area contributed by atoms with Crippen LogP contribution in [-0.4, -0.2) is 24.0 Å². The predicted octanol–water partition coefficient (Wildman–Crippen LogP) is 4.96. The molecule has 4 atom stereocenters. The summed E-state index contributed by atoms with van der Waals surface area (Å²) in [5.41, 5.74) is 0. The van der Waals surface area contributed by atoms with Gasteiger partial charge in [-0.1, -0.05) is 33.6 Å². The van der Waals surface area contributed by atoms with E-state index in [0.717, 1.165) is 23.8 Å². The van der Waals surface area contributed by atoms with Gasteiger partial charge in [0.1, 0.15) is 0 Å². The van der Waals surface area contributed by atoms with Crippen LogP contribution in [0.1, 0.15) is 73.1 Å². The minimum absolute atomic E-state index is 0.673. The van der Waals surface area contributed by atoms with Crippen molar-refractivity contribution >= 4 is 0 Å². The van der Waals surface area contributed by atoms with Crippen LogP contribution < -0.4 is 0 Å². The topological polar surface area (TPSA) is 3.24 Å². The van der Waals surface area contributed by atoms with Crippen LogP contribution in [0.25, 0.3) is 0 Å². The van der Waals surface area contributed by atoms with Gasteiger partial charge in [0.25, 0.3) is 0 Å². The van der Waals surface area contributed by atoms with Crippen molar-refractivity contribution in [1.82, 2.24) is 4.90 Å². The summed E-state index contributed by atoms with van der Waals surface area (Å²) in [6.07, 6.45) is 8.52. The lowest BCUT2D eigenvalue weighted by Gasteiger charge is -2.42. The van der Waals surface area contributed by atoms with Gasteiger partial charge in [0.2, 0.25) is 0 Å². The highest BCUT2D eigenvalue weighted by Crippen LogP contribution is 2.41. The summed E-state index contributed by atoms with van der Waals surface area (Å²) in [7, 11) is 2.32. The first-order valence-corrected chi connectivity index (χ1v) is 8.23. The van der Waals surface area contributed by atoms with Gasteiger partial charge in [-0.05, 0) is 64.3 Å². The first-order valence-electron chi connectivity index (χ1n) is 8.23. The van der Waals surface area contributed by atoms with E-state index in [1.165, 1.54) is 38.5 Å². The van der Waals surface area contributed by atoms with Gasteiger partial charge in [-0.25, -0.2) is 0 Å². The zero-order valence-corrected chi connectivity index (χ0v) is 13.6. The Balaban J connectivity index is 2.51. The molecule has 0 aromatic carbocycles. The van der Waals surface area contributed by atoms with Crippen LogP contribution >= 0.6 is 0 Å². The molecular weight excluding hydrogens is 218 g/mol. The number of nitrogens with zero attached hydrogens (tertiary/aromatic N) is 1. The molecule has 1 aliphatic rings. The Morgan fingerprint density at radius 2 is 1.67 bits per heavy atom. The van der Waals surface area contributed by atoms with Crippen LogP contribution in [0.3, 0.4) is 0 Å². The monoisotopic (exact) mass is 253 g/mol. The summed E-state index contributed by atoms with van der Waals surface area (Å²) in [5.74, 6) is 2.93. The standard InChI is InChI=1S/C17H35N/c1-7-9-17(18(6)13(3)4)14(5)12-16-11-10-15(16)8-2/h13-17H,7-12H2,1-6H3. The maximum absolute atomic E-state index is 2.60. The largest absolute Gasteiger partial charge is 0.301 e. The van der Waals surface area contributed by atoms with E-state index in [9.17, 15) is 0 Å². The average Bonchev–Trinajstić information content (AvgIpc) is 2.31. The lowest BCUT2D eigenvalue weighted by atomic mass is 9.67. The molecule has 0 aliphatic heterocycles. The van der Waals surface area contributed by atoms with E-state index in [-0.39, 0.29) is 0 Å². The van der Waals surface area contributed by atoms with E-state index in [1.54, 1.807) is 0 Å². The summed E-state index contributed by atoms with van der Waals surface area (Å²) < 4.78 is 0. The second kappa shape index (κ2) is 7.53. The van der Waals surface area contributed by atoms with Crippen molar-refractivity contribution in [3.63, 3.8) is 0 Å². The van der Waals surface area contributed by atoms with Crippen LogP contribution in [0.2, 0.25) is 0 Å². The Bertz CT molecular complexity index is 222. The number of hydrogen-bond donors (Lipinski definition) is 0. The fourth-order valence-electron chi connectivity index (χ4n) is 3.69. The highest BCUT2D eigenvalue weighted by Gasteiger charge is 2.33. The smallest absolute Gasteiger partial charge is 0.0120 e. The van der Waals surface area contributed by atoms with Gasteiger partial charge in [0.05, 0.1) is 0 Å². The quantitative estimate of drug-likeness (QED) is 0.591. The molecule has 0 spiro atoms. The van der Waals surface area contributed by atoms with Crippen molar-refractivity contribution in [3.05, 3.63) is 0 Å². The van der Waals surface area contributed by atoms with Gasteiger partial charge in [-0.2, -0.15) is 0 Å². The molecule has 4 unspecified atom stereocenters. The Morgan fingerprint density at radius 1 is 1.06 bits per heavy atom. The third-order valence-electron chi connectivity index (χ3n) is 5.35. The second-order valence-electron chi connectivity index (χ2n) is 6.83. The lowest BCUT2D eigenvalue weighted by Crippen LogP contribution is -2.42. The second-order valence-corrected chi connectivity index (χ2v) is 6.83. The first-order chi connectivity index (χ1) is 8.51. The average molecular weight is 253 g/mol. The number of hydrogen-bond acceptors (Lipinski definition) is 1. The fraction of sp³-hybridized carbons (Fsp3) is 1.00. The molecule has 1 heteroatoms. The van der Waals surface area contributed by atoms with Crippen LogP contribution in [0, 0.1) is 17.8 Å². The molecule has 0 bridgehead atoms. The summed E-state index contributed by atoms with van der Waals surface area (Å²) >= 11 is 0. The maximum atomic E-state index is 2.60. The molecule has 1 fully saturated rings. The SMILES string of the molecule is CCCC(C(C)CC1CCC1CC)N(C)C(C)C. The summed E-state index contributed by atoms with van der Waals surface area (Å²) in [6.45, 7) is 11.8. The Hall–Kier alpha value is -0.0400. The van der Waals surface area contributed by atoms with E-state index < -0.39 is 0 Å². The first kappa shape index (κ1) is 16.0. The van der Waals surface area contributed by atoms with Crippen molar-refractivity contribution in [2.45, 2.75) is 85.2 Å². The Kier molecular flexibility index (Phi) is 6.70. The predicted molar refractivity (Wildman–Crippen MR) is 81.9 cm³/mol. The van der Waals surface area contributed by atoms with Gasteiger partial charge in [-0.3, -0.25) is 0 Å². The van der Waals surface area contributed by atoms with E-state index in [0.29, 0.717) is 6.04 Å². The van der Waals surface area contributed by atoms with E-state index in [2.05, 4.69) is 46.6 Å². The Morgan fingerprint density at radius 3 is 2.06 bits per heavy atom. The summed E-state index contributed by atoms with van der Waals surface area (Å²) in [4.78, 5) is 2.60. The van der Waals surface area contributed by atoms with Gasteiger partial charge in [0.15, 0.2) is 0 Å². The van der Waals surface area contributed by atoms with Gasteiger partial charge < -0.3 is 4.90 Å². The third-order valence-corrected chi connectivity index (χ3v) is 5.35. The normalized spacial score (nSPS) is 27.3. The van der Waals surface area contributed by atoms with E-state index in [4.69, 9.17) is 0 Å². The summed E-state index contributed by atoms with van der Waals surface area (Å²) in [5, 5.41) is 0. The van der Waals surface area contributed by atoms with E-state index in [1.807, 2.05) is 0 Å². The molecule has 1 nitrogen and oxygen atoms in total. The molecule has 0 saturated heterocycles. The molecule has 0 aromatic rings. The molecule has 0 aromatic heterocycles. The molecule has 0 heterocycles. The van der Waals surface area contributed by atoms with Crippen LogP contribution in [0.4, 0.5) is 0 Å². The molecule has 0 amide bonds. The Labute approximate surface area is 115 Å². The number of rotatable bonds is 8. The molecule has 1 rings (SSSR count). The minimum atomic E-state index is 0.673. The van der Waals surface area contributed by atoms with Crippen molar-refractivity contribution in [3.8, 4) is 0 Å². The van der Waals surface area contributed by atoms with E-state index >= 15 is 0 Å². The third kappa shape index (κ3) is 3.98. The molecule has 0 N–H and O–H groups in total. The highest BCUT2D eigenvalue weighted by atomic mass is 15.2. The molecule has 1 aliphatic carbocycles.